The van der Waals surface area contributed by atoms with E-state index in [1.807, 2.05) is 6.92 Å². The second-order valence-electron chi connectivity index (χ2n) is 5.87. The van der Waals surface area contributed by atoms with Crippen LogP contribution >= 0.6 is 12.4 Å². The Morgan fingerprint density at radius 3 is 2.50 bits per heavy atom. The standard InChI is InChI=1S/C17H25N3O3.ClH/c1-2-19-17(22)11-23-14-8-6-13(7-9-14)20-16(21)10-12-4-3-5-15(12)18;/h6-9,12,15H,2-5,10-11,18H2,1H3,(H,19,22)(H,20,21);1H/t12-,15+;/m0./s1. The molecular weight excluding hydrogens is 330 g/mol. The molecule has 0 unspecified atom stereocenters. The van der Waals surface area contributed by atoms with Crippen molar-refractivity contribution in [3.8, 4) is 5.75 Å². The Hall–Kier alpha value is -1.79. The molecule has 1 aromatic rings. The molecule has 1 aliphatic carbocycles. The van der Waals surface area contributed by atoms with E-state index in [0.29, 0.717) is 24.4 Å². The fraction of sp³-hybridized carbons (Fsp3) is 0.529. The number of halogens is 1. The summed E-state index contributed by atoms with van der Waals surface area (Å²) in [5, 5.41) is 5.53. The maximum Gasteiger partial charge on any atom is 0.257 e. The molecule has 0 bridgehead atoms. The zero-order valence-electron chi connectivity index (χ0n) is 13.9. The number of rotatable bonds is 7. The summed E-state index contributed by atoms with van der Waals surface area (Å²) < 4.78 is 5.36. The molecule has 24 heavy (non-hydrogen) atoms. The van der Waals surface area contributed by atoms with Crippen molar-refractivity contribution in [3.63, 3.8) is 0 Å². The lowest BCUT2D eigenvalue weighted by Gasteiger charge is -2.15. The van der Waals surface area contributed by atoms with Gasteiger partial charge in [0, 0.05) is 24.7 Å². The quantitative estimate of drug-likeness (QED) is 0.698. The van der Waals surface area contributed by atoms with Gasteiger partial charge < -0.3 is 21.1 Å². The van der Waals surface area contributed by atoms with Crippen molar-refractivity contribution in [1.82, 2.24) is 5.32 Å². The second kappa shape index (κ2) is 10.2. The minimum absolute atomic E-state index is 0. The van der Waals surface area contributed by atoms with Gasteiger partial charge in [-0.1, -0.05) is 6.42 Å². The molecule has 1 saturated carbocycles. The first-order valence-electron chi connectivity index (χ1n) is 8.13. The molecule has 6 nitrogen and oxygen atoms in total. The Morgan fingerprint density at radius 1 is 1.21 bits per heavy atom. The first-order valence-corrected chi connectivity index (χ1v) is 8.13. The van der Waals surface area contributed by atoms with Crippen molar-refractivity contribution in [2.75, 3.05) is 18.5 Å². The lowest BCUT2D eigenvalue weighted by molar-refractivity contribution is -0.123. The third-order valence-electron chi connectivity index (χ3n) is 4.05. The van der Waals surface area contributed by atoms with Crippen LogP contribution in [-0.2, 0) is 9.59 Å². The molecule has 0 saturated heterocycles. The van der Waals surface area contributed by atoms with Gasteiger partial charge in [0.2, 0.25) is 5.91 Å². The molecule has 4 N–H and O–H groups in total. The highest BCUT2D eigenvalue weighted by molar-refractivity contribution is 5.91. The van der Waals surface area contributed by atoms with E-state index >= 15 is 0 Å². The molecule has 1 aromatic carbocycles. The van der Waals surface area contributed by atoms with Crippen molar-refractivity contribution >= 4 is 29.9 Å². The molecule has 1 fully saturated rings. The average Bonchev–Trinajstić information content (AvgIpc) is 2.92. The number of carbonyl (C=O) groups excluding carboxylic acids is 2. The molecule has 2 rings (SSSR count). The molecule has 2 atom stereocenters. The number of benzene rings is 1. The molecule has 1 aliphatic rings. The Morgan fingerprint density at radius 2 is 1.92 bits per heavy atom. The van der Waals surface area contributed by atoms with E-state index in [9.17, 15) is 9.59 Å². The highest BCUT2D eigenvalue weighted by Crippen LogP contribution is 2.27. The van der Waals surface area contributed by atoms with E-state index < -0.39 is 0 Å². The van der Waals surface area contributed by atoms with Crippen molar-refractivity contribution in [1.29, 1.82) is 0 Å². The zero-order chi connectivity index (χ0) is 16.7. The van der Waals surface area contributed by atoms with Crippen LogP contribution in [0.25, 0.3) is 0 Å². The third-order valence-corrected chi connectivity index (χ3v) is 4.05. The zero-order valence-corrected chi connectivity index (χ0v) is 14.7. The predicted octanol–water partition coefficient (Wildman–Crippen LogP) is 2.08. The van der Waals surface area contributed by atoms with Gasteiger partial charge >= 0.3 is 0 Å². The molecule has 0 radical (unpaired) electrons. The monoisotopic (exact) mass is 355 g/mol. The van der Waals surface area contributed by atoms with Crippen LogP contribution in [0.3, 0.4) is 0 Å². The summed E-state index contributed by atoms with van der Waals surface area (Å²) >= 11 is 0. The molecule has 0 aromatic heterocycles. The van der Waals surface area contributed by atoms with Gasteiger partial charge in [-0.15, -0.1) is 12.4 Å². The number of anilines is 1. The van der Waals surface area contributed by atoms with E-state index in [0.717, 1.165) is 19.3 Å². The summed E-state index contributed by atoms with van der Waals surface area (Å²) in [6, 6.07) is 7.14. The van der Waals surface area contributed by atoms with Gasteiger partial charge in [0.25, 0.3) is 5.91 Å². The van der Waals surface area contributed by atoms with Gasteiger partial charge in [0.1, 0.15) is 5.75 Å². The van der Waals surface area contributed by atoms with Crippen LogP contribution in [-0.4, -0.2) is 31.0 Å². The number of hydrogen-bond acceptors (Lipinski definition) is 4. The van der Waals surface area contributed by atoms with Crippen LogP contribution in [0, 0.1) is 5.92 Å². The number of amides is 2. The summed E-state index contributed by atoms with van der Waals surface area (Å²) in [6.45, 7) is 2.42. The molecular formula is C17H26ClN3O3. The van der Waals surface area contributed by atoms with Crippen molar-refractivity contribution in [2.45, 2.75) is 38.6 Å². The summed E-state index contributed by atoms with van der Waals surface area (Å²) in [7, 11) is 0. The molecule has 0 spiro atoms. The van der Waals surface area contributed by atoms with Crippen LogP contribution < -0.4 is 21.1 Å². The van der Waals surface area contributed by atoms with Gasteiger partial charge in [0.05, 0.1) is 0 Å². The third kappa shape index (κ3) is 6.37. The van der Waals surface area contributed by atoms with E-state index in [1.54, 1.807) is 24.3 Å². The number of ether oxygens (including phenoxy) is 1. The molecule has 0 aliphatic heterocycles. The fourth-order valence-electron chi connectivity index (χ4n) is 2.80. The van der Waals surface area contributed by atoms with Crippen LogP contribution in [0.4, 0.5) is 5.69 Å². The molecule has 134 valence electrons. The Bertz CT molecular complexity index is 536. The summed E-state index contributed by atoms with van der Waals surface area (Å²) in [5.74, 6) is 0.711. The summed E-state index contributed by atoms with van der Waals surface area (Å²) in [4.78, 5) is 23.4. The molecule has 0 heterocycles. The van der Waals surface area contributed by atoms with E-state index in [2.05, 4.69) is 10.6 Å². The number of likely N-dealkylation sites (N-methyl/N-ethyl adjacent to an activating group) is 1. The fourth-order valence-corrected chi connectivity index (χ4v) is 2.80. The smallest absolute Gasteiger partial charge is 0.257 e. The van der Waals surface area contributed by atoms with Gasteiger partial charge in [-0.3, -0.25) is 9.59 Å². The topological polar surface area (TPSA) is 93.5 Å². The van der Waals surface area contributed by atoms with E-state index in [1.165, 1.54) is 0 Å². The van der Waals surface area contributed by atoms with Crippen molar-refractivity contribution < 1.29 is 14.3 Å². The first kappa shape index (κ1) is 20.3. The van der Waals surface area contributed by atoms with Gasteiger partial charge in [-0.25, -0.2) is 0 Å². The lowest BCUT2D eigenvalue weighted by atomic mass is 10.00. The summed E-state index contributed by atoms with van der Waals surface area (Å²) in [5.41, 5.74) is 6.71. The van der Waals surface area contributed by atoms with Crippen LogP contribution in [0.15, 0.2) is 24.3 Å². The minimum atomic E-state index is -0.155. The Balaban J connectivity index is 0.00000288. The maximum atomic E-state index is 12.0. The number of carbonyl (C=O) groups is 2. The van der Waals surface area contributed by atoms with Crippen LogP contribution in [0.5, 0.6) is 5.75 Å². The Kier molecular flexibility index (Phi) is 8.57. The second-order valence-corrected chi connectivity index (χ2v) is 5.87. The van der Waals surface area contributed by atoms with Crippen molar-refractivity contribution in [3.05, 3.63) is 24.3 Å². The largest absolute Gasteiger partial charge is 0.484 e. The number of nitrogens with one attached hydrogen (secondary N) is 2. The number of nitrogens with two attached hydrogens (primary N) is 1. The van der Waals surface area contributed by atoms with E-state index in [-0.39, 0.29) is 42.8 Å². The van der Waals surface area contributed by atoms with Crippen molar-refractivity contribution in [2.24, 2.45) is 11.7 Å². The Labute approximate surface area is 148 Å². The SMILES string of the molecule is CCNC(=O)COc1ccc(NC(=O)C[C@@H]2CCC[C@H]2N)cc1.Cl. The van der Waals surface area contributed by atoms with Gasteiger partial charge in [-0.05, 0) is 49.9 Å². The van der Waals surface area contributed by atoms with Gasteiger partial charge in [0.15, 0.2) is 6.61 Å². The lowest BCUT2D eigenvalue weighted by Crippen LogP contribution is -2.28. The van der Waals surface area contributed by atoms with Gasteiger partial charge in [-0.2, -0.15) is 0 Å². The molecule has 2 amide bonds. The highest BCUT2D eigenvalue weighted by atomic mass is 35.5. The minimum Gasteiger partial charge on any atom is -0.484 e. The molecule has 7 heteroatoms. The normalized spacial score (nSPS) is 19.2. The van der Waals surface area contributed by atoms with Crippen LogP contribution in [0.1, 0.15) is 32.6 Å². The average molecular weight is 356 g/mol. The van der Waals surface area contributed by atoms with Crippen LogP contribution in [0.2, 0.25) is 0 Å². The maximum absolute atomic E-state index is 12.0. The number of hydrogen-bond donors (Lipinski definition) is 3. The first-order chi connectivity index (χ1) is 11.1. The summed E-state index contributed by atoms with van der Waals surface area (Å²) in [6.07, 6.45) is 3.62. The van der Waals surface area contributed by atoms with E-state index in [4.69, 9.17) is 10.5 Å². The highest BCUT2D eigenvalue weighted by Gasteiger charge is 2.25. The predicted molar refractivity (Wildman–Crippen MR) is 96.4 cm³/mol.